The second-order valence-corrected chi connectivity index (χ2v) is 5.20. The fraction of sp³-hybridized carbons (Fsp3) is 0.111. The van der Waals surface area contributed by atoms with Gasteiger partial charge in [-0.15, -0.1) is 0 Å². The third kappa shape index (κ3) is 4.06. The van der Waals surface area contributed by atoms with E-state index >= 15 is 0 Å². The van der Waals surface area contributed by atoms with Gasteiger partial charge in [-0.3, -0.25) is 4.79 Å². The minimum atomic E-state index is -0.325. The Morgan fingerprint density at radius 2 is 2.08 bits per heavy atom. The number of aromatic nitrogens is 2. The molecule has 0 unspecified atom stereocenters. The molecule has 0 saturated carbocycles. The van der Waals surface area contributed by atoms with Crippen molar-refractivity contribution in [2.45, 2.75) is 6.42 Å². The summed E-state index contributed by atoms with van der Waals surface area (Å²) in [5.74, 6) is -0.218. The van der Waals surface area contributed by atoms with Crippen LogP contribution in [0.5, 0.6) is 0 Å². The molecule has 6 nitrogen and oxygen atoms in total. The first-order chi connectivity index (χ1) is 12.2. The van der Waals surface area contributed by atoms with Gasteiger partial charge >= 0.3 is 0 Å². The fourth-order valence-corrected chi connectivity index (χ4v) is 2.19. The number of amides is 1. The third-order valence-electron chi connectivity index (χ3n) is 3.45. The molecule has 0 atom stereocenters. The van der Waals surface area contributed by atoms with Gasteiger partial charge in [0.15, 0.2) is 0 Å². The molecule has 2 heterocycles. The Balaban J connectivity index is 1.56. The van der Waals surface area contributed by atoms with E-state index in [9.17, 15) is 9.18 Å². The van der Waals surface area contributed by atoms with Crippen LogP contribution in [-0.4, -0.2) is 22.4 Å². The summed E-state index contributed by atoms with van der Waals surface area (Å²) >= 11 is 0. The van der Waals surface area contributed by atoms with Crippen LogP contribution in [0.25, 0.3) is 11.5 Å². The van der Waals surface area contributed by atoms with Gasteiger partial charge in [-0.2, -0.15) is 5.26 Å². The number of hydrogen-bond donors (Lipinski definition) is 1. The number of carbonyl (C=O) groups is 1. The second kappa shape index (κ2) is 7.36. The van der Waals surface area contributed by atoms with E-state index < -0.39 is 0 Å². The zero-order valence-corrected chi connectivity index (χ0v) is 13.1. The quantitative estimate of drug-likeness (QED) is 0.773. The van der Waals surface area contributed by atoms with Gasteiger partial charge < -0.3 is 9.73 Å². The Bertz CT molecular complexity index is 929. The predicted octanol–water partition coefficient (Wildman–Crippen LogP) is 2.72. The third-order valence-corrected chi connectivity index (χ3v) is 3.45. The number of nitrogens with one attached hydrogen (secondary N) is 1. The summed E-state index contributed by atoms with van der Waals surface area (Å²) in [5.41, 5.74) is 1.91. The minimum absolute atomic E-state index is 0.188. The number of benzene rings is 1. The average Bonchev–Trinajstić information content (AvgIpc) is 3.11. The van der Waals surface area contributed by atoms with Crippen LogP contribution in [0.3, 0.4) is 0 Å². The smallest absolute Gasteiger partial charge is 0.251 e. The zero-order valence-electron chi connectivity index (χ0n) is 13.1. The highest BCUT2D eigenvalue weighted by Gasteiger charge is 2.09. The molecule has 3 rings (SSSR count). The normalized spacial score (nSPS) is 10.2. The molecular formula is C18H13FN4O2. The summed E-state index contributed by atoms with van der Waals surface area (Å²) in [6.45, 7) is 0.360. The maximum Gasteiger partial charge on any atom is 0.251 e. The number of oxazole rings is 1. The molecule has 1 N–H and O–H groups in total. The minimum Gasteiger partial charge on any atom is -0.444 e. The first kappa shape index (κ1) is 16.3. The van der Waals surface area contributed by atoms with E-state index in [4.69, 9.17) is 9.68 Å². The topological polar surface area (TPSA) is 91.8 Å². The summed E-state index contributed by atoms with van der Waals surface area (Å²) in [4.78, 5) is 20.2. The van der Waals surface area contributed by atoms with Crippen molar-refractivity contribution in [1.82, 2.24) is 15.3 Å². The van der Waals surface area contributed by atoms with Gasteiger partial charge in [-0.25, -0.2) is 14.4 Å². The van der Waals surface area contributed by atoms with Gasteiger partial charge in [0.05, 0.1) is 5.69 Å². The number of nitriles is 1. The highest BCUT2D eigenvalue weighted by Crippen LogP contribution is 2.19. The SMILES string of the molecule is N#Cc1cc(C(=O)NCCc2coc(-c3ccc(F)cc3)n2)ccn1. The lowest BCUT2D eigenvalue weighted by atomic mass is 10.2. The molecule has 0 aliphatic rings. The van der Waals surface area contributed by atoms with Crippen molar-refractivity contribution in [3.8, 4) is 17.5 Å². The van der Waals surface area contributed by atoms with E-state index in [1.54, 1.807) is 18.2 Å². The first-order valence-electron chi connectivity index (χ1n) is 7.50. The predicted molar refractivity (Wildman–Crippen MR) is 86.9 cm³/mol. The van der Waals surface area contributed by atoms with Gasteiger partial charge in [0, 0.05) is 30.3 Å². The van der Waals surface area contributed by atoms with Crippen LogP contribution < -0.4 is 5.32 Å². The molecule has 1 aromatic carbocycles. The Labute approximate surface area is 143 Å². The summed E-state index contributed by atoms with van der Waals surface area (Å²) in [5, 5.41) is 11.5. The lowest BCUT2D eigenvalue weighted by molar-refractivity contribution is 0.0954. The average molecular weight is 336 g/mol. The highest BCUT2D eigenvalue weighted by molar-refractivity contribution is 5.94. The van der Waals surface area contributed by atoms with Crippen LogP contribution in [0.15, 0.2) is 53.3 Å². The molecule has 0 aliphatic heterocycles. The monoisotopic (exact) mass is 336 g/mol. The molecule has 0 fully saturated rings. The number of carbonyl (C=O) groups excluding carboxylic acids is 1. The van der Waals surface area contributed by atoms with Crippen LogP contribution >= 0.6 is 0 Å². The van der Waals surface area contributed by atoms with Gasteiger partial charge in [0.25, 0.3) is 5.91 Å². The standard InChI is InChI=1S/C18H13FN4O2/c19-14-3-1-12(2-4-14)18-23-15(11-25-18)6-8-22-17(24)13-5-7-21-16(9-13)10-20/h1-5,7,9,11H,6,8H2,(H,22,24). The Morgan fingerprint density at radius 3 is 2.84 bits per heavy atom. The zero-order chi connectivity index (χ0) is 17.6. The summed E-state index contributed by atoms with van der Waals surface area (Å²) in [6.07, 6.45) is 3.40. The molecule has 0 bridgehead atoms. The number of halogens is 1. The van der Waals surface area contributed by atoms with E-state index in [-0.39, 0.29) is 17.4 Å². The van der Waals surface area contributed by atoms with Crippen molar-refractivity contribution < 1.29 is 13.6 Å². The van der Waals surface area contributed by atoms with Crippen LogP contribution in [0.2, 0.25) is 0 Å². The van der Waals surface area contributed by atoms with E-state index in [2.05, 4.69) is 15.3 Å². The van der Waals surface area contributed by atoms with Crippen molar-refractivity contribution in [3.05, 3.63) is 71.6 Å². The molecule has 7 heteroatoms. The molecule has 0 spiro atoms. The van der Waals surface area contributed by atoms with Gasteiger partial charge in [-0.1, -0.05) is 0 Å². The fourth-order valence-electron chi connectivity index (χ4n) is 2.19. The van der Waals surface area contributed by atoms with Crippen molar-refractivity contribution >= 4 is 5.91 Å². The number of nitrogens with zero attached hydrogens (tertiary/aromatic N) is 3. The molecule has 3 aromatic rings. The Kier molecular flexibility index (Phi) is 4.81. The lowest BCUT2D eigenvalue weighted by Crippen LogP contribution is -2.25. The first-order valence-corrected chi connectivity index (χ1v) is 7.50. The number of hydrogen-bond acceptors (Lipinski definition) is 5. The summed E-state index contributed by atoms with van der Waals surface area (Å²) in [7, 11) is 0. The Morgan fingerprint density at radius 1 is 1.28 bits per heavy atom. The highest BCUT2D eigenvalue weighted by atomic mass is 19.1. The van der Waals surface area contributed by atoms with Crippen molar-refractivity contribution in [2.75, 3.05) is 6.54 Å². The van der Waals surface area contributed by atoms with Crippen molar-refractivity contribution in [2.24, 2.45) is 0 Å². The number of rotatable bonds is 5. The van der Waals surface area contributed by atoms with Gasteiger partial charge in [-0.05, 0) is 36.4 Å². The van der Waals surface area contributed by atoms with Crippen LogP contribution in [-0.2, 0) is 6.42 Å². The maximum atomic E-state index is 12.9. The van der Waals surface area contributed by atoms with E-state index in [0.29, 0.717) is 35.7 Å². The van der Waals surface area contributed by atoms with Crippen LogP contribution in [0, 0.1) is 17.1 Å². The van der Waals surface area contributed by atoms with E-state index in [0.717, 1.165) is 0 Å². The summed E-state index contributed by atoms with van der Waals surface area (Å²) in [6, 6.07) is 10.7. The largest absolute Gasteiger partial charge is 0.444 e. The van der Waals surface area contributed by atoms with E-state index in [1.165, 1.54) is 30.7 Å². The number of pyridine rings is 1. The van der Waals surface area contributed by atoms with Crippen molar-refractivity contribution in [3.63, 3.8) is 0 Å². The molecule has 2 aromatic heterocycles. The van der Waals surface area contributed by atoms with E-state index in [1.807, 2.05) is 6.07 Å². The molecule has 0 saturated heterocycles. The Hall–Kier alpha value is -3.53. The van der Waals surface area contributed by atoms with Crippen molar-refractivity contribution in [1.29, 1.82) is 5.26 Å². The molecule has 0 aliphatic carbocycles. The lowest BCUT2D eigenvalue weighted by Gasteiger charge is -2.03. The van der Waals surface area contributed by atoms with Gasteiger partial charge in [0.1, 0.15) is 23.8 Å². The second-order valence-electron chi connectivity index (χ2n) is 5.20. The van der Waals surface area contributed by atoms with Crippen LogP contribution in [0.1, 0.15) is 21.7 Å². The maximum absolute atomic E-state index is 12.9. The molecule has 124 valence electrons. The molecular weight excluding hydrogens is 323 g/mol. The molecule has 1 amide bonds. The molecule has 0 radical (unpaired) electrons. The van der Waals surface area contributed by atoms with Gasteiger partial charge in [0.2, 0.25) is 5.89 Å². The van der Waals surface area contributed by atoms with Crippen LogP contribution in [0.4, 0.5) is 4.39 Å². The molecule has 25 heavy (non-hydrogen) atoms. The summed E-state index contributed by atoms with van der Waals surface area (Å²) < 4.78 is 18.3.